The maximum absolute atomic E-state index is 13.1. The lowest BCUT2D eigenvalue weighted by molar-refractivity contribution is -0.137. The number of allylic oxidation sites excluding steroid dienone is 6. The van der Waals surface area contributed by atoms with Crippen LogP contribution in [0.5, 0.6) is 0 Å². The molecule has 0 aliphatic heterocycles. The molecule has 5 N–H and O–H groups in total. The van der Waals surface area contributed by atoms with Crippen LogP contribution in [-0.2, 0) is 24.0 Å². The van der Waals surface area contributed by atoms with Crippen molar-refractivity contribution in [3.8, 4) is 0 Å². The lowest BCUT2D eigenvalue weighted by Gasteiger charge is -2.22. The van der Waals surface area contributed by atoms with Crippen LogP contribution in [0.25, 0.3) is 0 Å². The number of carbonyl (C=O) groups is 5. The minimum atomic E-state index is -1.17. The second kappa shape index (κ2) is 15.3. The number of carboxylic acid groups (broad SMARTS) is 1. The summed E-state index contributed by atoms with van der Waals surface area (Å²) in [6.07, 6.45) is 10.9. The Balaban J connectivity index is 3.01. The van der Waals surface area contributed by atoms with Crippen molar-refractivity contribution >= 4 is 29.6 Å². The number of hydrogen-bond acceptors (Lipinski definition) is 5. The number of aliphatic carboxylic acids is 1. The standard InChI is InChI=1S/C25H36N4O6/c1-5-8-10-17(9-6-2)13-20(29-23(33)16(4)28-21(30)7-3)25(35)26-14-19(18-11-12-18)24(34)27-15-22(31)32/h5-6,8-10,16,20H,7,11-15H2,1-4H3,(H,26,35)(H,27,34)(H,28,30)(H,29,33)(H,31,32)/b8-5-,9-6?,17-10+. The Morgan fingerprint density at radius 1 is 0.971 bits per heavy atom. The van der Waals surface area contributed by atoms with Crippen molar-refractivity contribution < 1.29 is 29.1 Å². The summed E-state index contributed by atoms with van der Waals surface area (Å²) in [5.74, 6) is -3.02. The third kappa shape index (κ3) is 11.3. The molecule has 1 fully saturated rings. The maximum Gasteiger partial charge on any atom is 0.322 e. The molecule has 2 unspecified atom stereocenters. The number of carboxylic acids is 1. The number of hydrogen-bond donors (Lipinski definition) is 5. The van der Waals surface area contributed by atoms with Crippen LogP contribution >= 0.6 is 0 Å². The van der Waals surface area contributed by atoms with Crippen molar-refractivity contribution in [3.05, 3.63) is 47.1 Å². The molecular formula is C25H36N4O6. The summed E-state index contributed by atoms with van der Waals surface area (Å²) in [6.45, 7) is 6.28. The summed E-state index contributed by atoms with van der Waals surface area (Å²) in [5.41, 5.74) is 1.97. The Hall–Kier alpha value is -3.69. The van der Waals surface area contributed by atoms with E-state index in [1.807, 2.05) is 44.2 Å². The second-order valence-electron chi connectivity index (χ2n) is 8.05. The summed E-state index contributed by atoms with van der Waals surface area (Å²) in [5, 5.41) is 19.1. The fourth-order valence-corrected chi connectivity index (χ4v) is 3.07. The first-order valence-corrected chi connectivity index (χ1v) is 11.7. The first-order chi connectivity index (χ1) is 16.6. The van der Waals surface area contributed by atoms with Crippen molar-refractivity contribution in [2.45, 2.75) is 65.5 Å². The highest BCUT2D eigenvalue weighted by atomic mass is 16.4. The zero-order valence-corrected chi connectivity index (χ0v) is 20.8. The van der Waals surface area contributed by atoms with E-state index < -0.39 is 42.3 Å². The molecule has 1 saturated carbocycles. The van der Waals surface area contributed by atoms with Gasteiger partial charge in [0.15, 0.2) is 0 Å². The Labute approximate surface area is 206 Å². The molecular weight excluding hydrogens is 452 g/mol. The van der Waals surface area contributed by atoms with E-state index in [0.29, 0.717) is 18.4 Å². The zero-order chi connectivity index (χ0) is 26.4. The predicted octanol–water partition coefficient (Wildman–Crippen LogP) is 1.26. The van der Waals surface area contributed by atoms with E-state index in [0.717, 1.165) is 11.1 Å². The molecule has 0 heterocycles. The molecule has 0 aromatic heterocycles. The number of amides is 4. The third-order valence-corrected chi connectivity index (χ3v) is 5.09. The first kappa shape index (κ1) is 29.3. The van der Waals surface area contributed by atoms with Crippen molar-refractivity contribution in [1.82, 2.24) is 21.3 Å². The van der Waals surface area contributed by atoms with Crippen LogP contribution in [0.4, 0.5) is 0 Å². The van der Waals surface area contributed by atoms with Gasteiger partial charge in [-0.2, -0.15) is 0 Å². The van der Waals surface area contributed by atoms with Crippen molar-refractivity contribution in [1.29, 1.82) is 0 Å². The molecule has 1 aliphatic carbocycles. The van der Waals surface area contributed by atoms with Gasteiger partial charge in [-0.15, -0.1) is 0 Å². The van der Waals surface area contributed by atoms with Gasteiger partial charge >= 0.3 is 5.97 Å². The molecule has 35 heavy (non-hydrogen) atoms. The molecule has 1 rings (SSSR count). The average molecular weight is 489 g/mol. The van der Waals surface area contributed by atoms with Gasteiger partial charge in [-0.1, -0.05) is 42.9 Å². The van der Waals surface area contributed by atoms with E-state index in [1.165, 1.54) is 6.92 Å². The van der Waals surface area contributed by atoms with E-state index in [4.69, 9.17) is 5.11 Å². The van der Waals surface area contributed by atoms with Gasteiger partial charge in [0.25, 0.3) is 0 Å². The molecule has 2 atom stereocenters. The highest BCUT2D eigenvalue weighted by molar-refractivity contribution is 5.98. The molecule has 10 heteroatoms. The van der Waals surface area contributed by atoms with E-state index in [2.05, 4.69) is 21.3 Å². The summed E-state index contributed by atoms with van der Waals surface area (Å²) < 4.78 is 0. The fourth-order valence-electron chi connectivity index (χ4n) is 3.07. The molecule has 1 aliphatic rings. The van der Waals surface area contributed by atoms with Gasteiger partial charge in [-0.25, -0.2) is 0 Å². The number of rotatable bonds is 14. The third-order valence-electron chi connectivity index (χ3n) is 5.09. The van der Waals surface area contributed by atoms with Crippen LogP contribution < -0.4 is 21.3 Å². The molecule has 192 valence electrons. The van der Waals surface area contributed by atoms with Crippen molar-refractivity contribution in [2.24, 2.45) is 0 Å². The van der Waals surface area contributed by atoms with Gasteiger partial charge in [0.1, 0.15) is 18.6 Å². The summed E-state index contributed by atoms with van der Waals surface area (Å²) in [7, 11) is 0. The highest BCUT2D eigenvalue weighted by Crippen LogP contribution is 2.31. The largest absolute Gasteiger partial charge is 0.480 e. The van der Waals surface area contributed by atoms with Gasteiger partial charge in [-0.3, -0.25) is 24.0 Å². The number of nitrogens with one attached hydrogen (secondary N) is 4. The topological polar surface area (TPSA) is 154 Å². The van der Waals surface area contributed by atoms with E-state index in [-0.39, 0.29) is 25.3 Å². The Kier molecular flexibility index (Phi) is 12.8. The van der Waals surface area contributed by atoms with Crippen LogP contribution in [0.2, 0.25) is 0 Å². The zero-order valence-electron chi connectivity index (χ0n) is 20.8. The normalized spacial score (nSPS) is 14.9. The van der Waals surface area contributed by atoms with Gasteiger partial charge in [-0.05, 0) is 39.2 Å². The highest BCUT2D eigenvalue weighted by Gasteiger charge is 2.27. The van der Waals surface area contributed by atoms with Gasteiger partial charge < -0.3 is 26.4 Å². The lowest BCUT2D eigenvalue weighted by atomic mass is 10.0. The Morgan fingerprint density at radius 2 is 1.66 bits per heavy atom. The average Bonchev–Trinajstić information content (AvgIpc) is 3.65. The summed E-state index contributed by atoms with van der Waals surface area (Å²) in [4.78, 5) is 60.6. The minimum Gasteiger partial charge on any atom is -0.480 e. The molecule has 0 aromatic rings. The molecule has 0 radical (unpaired) electrons. The first-order valence-electron chi connectivity index (χ1n) is 11.7. The Morgan fingerprint density at radius 3 is 2.20 bits per heavy atom. The molecule has 0 aromatic carbocycles. The van der Waals surface area contributed by atoms with E-state index in [9.17, 15) is 24.0 Å². The summed E-state index contributed by atoms with van der Waals surface area (Å²) >= 11 is 0. The number of carbonyl (C=O) groups excluding carboxylic acids is 4. The van der Waals surface area contributed by atoms with Crippen molar-refractivity contribution in [3.63, 3.8) is 0 Å². The minimum absolute atomic E-state index is 0.0916. The van der Waals surface area contributed by atoms with Crippen LogP contribution in [-0.4, -0.2) is 59.9 Å². The lowest BCUT2D eigenvalue weighted by Crippen LogP contribution is -2.53. The summed E-state index contributed by atoms with van der Waals surface area (Å²) in [6, 6.07) is -1.81. The quantitative estimate of drug-likeness (QED) is 0.183. The van der Waals surface area contributed by atoms with Crippen molar-refractivity contribution in [2.75, 3.05) is 13.1 Å². The SMILES string of the molecule is CC=C/C(=C\C=C/C)CC(NC(=O)C(C)NC(=O)CC)C(=O)NCC(C(=O)NCC(=O)O)=C1CC1. The van der Waals surface area contributed by atoms with Crippen LogP contribution in [0, 0.1) is 0 Å². The Bertz CT molecular complexity index is 926. The van der Waals surface area contributed by atoms with Crippen LogP contribution in [0.1, 0.15) is 53.4 Å². The van der Waals surface area contributed by atoms with Crippen LogP contribution in [0.15, 0.2) is 47.1 Å². The van der Waals surface area contributed by atoms with Crippen LogP contribution in [0.3, 0.4) is 0 Å². The van der Waals surface area contributed by atoms with E-state index in [1.54, 1.807) is 6.92 Å². The molecule has 0 spiro atoms. The van der Waals surface area contributed by atoms with Gasteiger partial charge in [0, 0.05) is 25.0 Å². The monoisotopic (exact) mass is 488 g/mol. The van der Waals surface area contributed by atoms with E-state index >= 15 is 0 Å². The van der Waals surface area contributed by atoms with Gasteiger partial charge in [0.2, 0.25) is 23.6 Å². The molecule has 4 amide bonds. The molecule has 0 saturated heterocycles. The maximum atomic E-state index is 13.1. The van der Waals surface area contributed by atoms with Gasteiger partial charge in [0.05, 0.1) is 0 Å². The second-order valence-corrected chi connectivity index (χ2v) is 8.05. The fraction of sp³-hybridized carbons (Fsp3) is 0.480. The molecule has 10 nitrogen and oxygen atoms in total. The molecule has 0 bridgehead atoms. The smallest absolute Gasteiger partial charge is 0.322 e. The predicted molar refractivity (Wildman–Crippen MR) is 132 cm³/mol.